The molecule has 8 heteroatoms. The van der Waals surface area contributed by atoms with Gasteiger partial charge in [-0.3, -0.25) is 4.79 Å². The van der Waals surface area contributed by atoms with Crippen LogP contribution in [0.3, 0.4) is 0 Å². The molecule has 0 radical (unpaired) electrons. The average molecular weight is 730 g/mol. The lowest BCUT2D eigenvalue weighted by Gasteiger charge is -2.58. The predicted octanol–water partition coefficient (Wildman–Crippen LogP) is 9.61. The molecule has 0 unspecified atom stereocenters. The van der Waals surface area contributed by atoms with Gasteiger partial charge < -0.3 is 29.0 Å². The fourth-order valence-corrected chi connectivity index (χ4v) is 8.74. The molecule has 290 valence electrons. The Bertz CT molecular complexity index is 1570. The zero-order chi connectivity index (χ0) is 37.8. The summed E-state index contributed by atoms with van der Waals surface area (Å²) in [5.41, 5.74) is 0.354. The van der Waals surface area contributed by atoms with Crippen LogP contribution >= 0.6 is 0 Å². The van der Waals surface area contributed by atoms with Gasteiger partial charge in [0.05, 0.1) is 18.1 Å². The number of likely N-dealkylation sites (N-methyl/N-ethyl adjacent to an activating group) is 1. The molecule has 1 spiro atoms. The van der Waals surface area contributed by atoms with E-state index in [0.29, 0.717) is 35.7 Å². The Labute approximate surface area is 317 Å². The van der Waals surface area contributed by atoms with Gasteiger partial charge in [-0.05, 0) is 83.7 Å². The van der Waals surface area contributed by atoms with Gasteiger partial charge in [0.25, 0.3) is 0 Å². The van der Waals surface area contributed by atoms with Gasteiger partial charge in [-0.2, -0.15) is 0 Å². The molecule has 1 aliphatic carbocycles. The van der Waals surface area contributed by atoms with E-state index in [1.54, 1.807) is 25.3 Å². The molecule has 0 amide bonds. The third kappa shape index (κ3) is 9.03. The summed E-state index contributed by atoms with van der Waals surface area (Å²) in [7, 11) is 3.62. The van der Waals surface area contributed by atoms with E-state index in [4.69, 9.17) is 18.9 Å². The van der Waals surface area contributed by atoms with Crippen molar-refractivity contribution in [2.75, 3.05) is 20.7 Å². The average Bonchev–Trinajstić information content (AvgIpc) is 3.53. The smallest absolute Gasteiger partial charge is 0.357 e. The standard InChI is InChI=1S/C45H63NO7/c1-6-7-8-9-10-11-12-13-14-15-16-17-18-19-23-26-38(47)52-40(35-24-21-20-22-25-35)43(48)51-37-29-30-45(49)34(3)46(4)32-31-44(45)39-33(2)27-28-36(50-5)41(39)53-42(37)44/h13-14,20-22,24-25,27-29,34,40,42,49H,6-12,15-19,23,26,30-32H2,1-5H3/b14-13-/t34-,40+,42+,44+,45-/m1/s1. The Morgan fingerprint density at radius 1 is 0.962 bits per heavy atom. The first-order valence-electron chi connectivity index (χ1n) is 20.3. The minimum Gasteiger partial charge on any atom is -0.493 e. The van der Waals surface area contributed by atoms with Gasteiger partial charge in [-0.1, -0.05) is 107 Å². The summed E-state index contributed by atoms with van der Waals surface area (Å²) in [6, 6.07) is 12.7. The number of carbonyl (C=O) groups is 2. The summed E-state index contributed by atoms with van der Waals surface area (Å²) >= 11 is 0. The summed E-state index contributed by atoms with van der Waals surface area (Å²) in [4.78, 5) is 29.4. The summed E-state index contributed by atoms with van der Waals surface area (Å²) in [6.45, 7) is 7.04. The fourth-order valence-electron chi connectivity index (χ4n) is 8.74. The van der Waals surface area contributed by atoms with Gasteiger partial charge in [0, 0.05) is 30.0 Å². The first-order valence-corrected chi connectivity index (χ1v) is 20.3. The van der Waals surface area contributed by atoms with Crippen molar-refractivity contribution in [2.24, 2.45) is 0 Å². The van der Waals surface area contributed by atoms with Crippen LogP contribution < -0.4 is 9.47 Å². The number of aliphatic hydroxyl groups is 1. The number of methoxy groups -OCH3 is 1. The highest BCUT2D eigenvalue weighted by molar-refractivity contribution is 5.81. The minimum atomic E-state index is -1.24. The van der Waals surface area contributed by atoms with E-state index in [9.17, 15) is 14.7 Å². The zero-order valence-corrected chi connectivity index (χ0v) is 32.9. The number of allylic oxidation sites excluding steroid dienone is 2. The number of aryl methyl sites for hydroxylation is 1. The van der Waals surface area contributed by atoms with Gasteiger partial charge in [0.15, 0.2) is 17.6 Å². The molecule has 0 saturated carbocycles. The van der Waals surface area contributed by atoms with E-state index in [1.165, 1.54) is 44.9 Å². The molecule has 5 rings (SSSR count). The van der Waals surface area contributed by atoms with Crippen LogP contribution in [0.5, 0.6) is 11.5 Å². The van der Waals surface area contributed by atoms with E-state index < -0.39 is 35.2 Å². The quantitative estimate of drug-likeness (QED) is 0.0819. The first-order chi connectivity index (χ1) is 25.7. The first kappa shape index (κ1) is 40.6. The number of piperidine rings is 1. The lowest BCUT2D eigenvalue weighted by atomic mass is 9.54. The number of unbranched alkanes of at least 4 members (excludes halogenated alkanes) is 11. The van der Waals surface area contributed by atoms with Crippen molar-refractivity contribution in [3.8, 4) is 11.5 Å². The van der Waals surface area contributed by atoms with Gasteiger partial charge in [-0.25, -0.2) is 4.79 Å². The molecule has 1 N–H and O–H groups in total. The highest BCUT2D eigenvalue weighted by Gasteiger charge is 2.69. The maximum absolute atomic E-state index is 14.1. The molecule has 5 atom stereocenters. The Balaban J connectivity index is 1.18. The van der Waals surface area contributed by atoms with Crippen LogP contribution in [0.15, 0.2) is 66.5 Å². The lowest BCUT2D eigenvalue weighted by Crippen LogP contribution is -2.71. The second-order valence-corrected chi connectivity index (χ2v) is 15.4. The fraction of sp³-hybridized carbons (Fsp3) is 0.600. The number of carbonyl (C=O) groups excluding carboxylic acids is 2. The maximum Gasteiger partial charge on any atom is 0.357 e. The van der Waals surface area contributed by atoms with Gasteiger partial charge in [0.2, 0.25) is 6.10 Å². The van der Waals surface area contributed by atoms with Crippen LogP contribution in [0.4, 0.5) is 0 Å². The van der Waals surface area contributed by atoms with E-state index in [0.717, 1.165) is 49.8 Å². The molecule has 2 aliphatic heterocycles. The number of likely N-dealkylation sites (tertiary alicyclic amines) is 1. The van der Waals surface area contributed by atoms with Crippen LogP contribution in [-0.2, 0) is 24.5 Å². The van der Waals surface area contributed by atoms with E-state index >= 15 is 0 Å². The summed E-state index contributed by atoms with van der Waals surface area (Å²) in [6.07, 6.45) is 20.8. The second-order valence-electron chi connectivity index (χ2n) is 15.4. The number of esters is 2. The summed E-state index contributed by atoms with van der Waals surface area (Å²) in [5, 5.41) is 12.6. The largest absolute Gasteiger partial charge is 0.493 e. The second kappa shape index (κ2) is 19.1. The Hall–Kier alpha value is -3.62. The Morgan fingerprint density at radius 3 is 2.30 bits per heavy atom. The number of hydrogen-bond donors (Lipinski definition) is 1. The molecule has 2 aromatic rings. The third-order valence-electron chi connectivity index (χ3n) is 12.0. The van der Waals surface area contributed by atoms with Crippen molar-refractivity contribution in [2.45, 2.75) is 153 Å². The Morgan fingerprint density at radius 2 is 1.62 bits per heavy atom. The molecule has 8 nitrogen and oxygen atoms in total. The SMILES string of the molecule is CCCCCCCC/C=C\CCCCCCCC(=O)O[C@H](C(=O)OC1=CC[C@@]2(O)[C@@H](C)N(C)CC[C@@]23c2c(C)ccc(OC)c2O[C@@H]13)c1ccccc1. The highest BCUT2D eigenvalue weighted by Crippen LogP contribution is 2.62. The number of fused-ring (bicyclic) bond motifs is 1. The van der Waals surface area contributed by atoms with E-state index in [-0.39, 0.29) is 18.9 Å². The molecule has 2 aromatic carbocycles. The molecular formula is C45H63NO7. The molecular weight excluding hydrogens is 666 g/mol. The molecule has 0 bridgehead atoms. The number of hydrogen-bond acceptors (Lipinski definition) is 8. The van der Waals surface area contributed by atoms with E-state index in [2.05, 4.69) is 24.0 Å². The Kier molecular flexibility index (Phi) is 14.6. The van der Waals surface area contributed by atoms with Crippen molar-refractivity contribution in [3.63, 3.8) is 0 Å². The summed E-state index contributed by atoms with van der Waals surface area (Å²) < 4.78 is 24.5. The van der Waals surface area contributed by atoms with Crippen LogP contribution in [0.2, 0.25) is 0 Å². The van der Waals surface area contributed by atoms with Crippen LogP contribution in [0, 0.1) is 6.92 Å². The molecule has 3 aliphatic rings. The molecule has 0 aromatic heterocycles. The number of benzene rings is 2. The zero-order valence-electron chi connectivity index (χ0n) is 32.9. The van der Waals surface area contributed by atoms with Gasteiger partial charge in [-0.15, -0.1) is 0 Å². The van der Waals surface area contributed by atoms with Crippen LogP contribution in [0.1, 0.15) is 139 Å². The van der Waals surface area contributed by atoms with Crippen LogP contribution in [-0.4, -0.2) is 60.4 Å². The number of rotatable bonds is 20. The minimum absolute atomic E-state index is 0.193. The molecule has 53 heavy (non-hydrogen) atoms. The topological polar surface area (TPSA) is 94.5 Å². The van der Waals surface area contributed by atoms with Crippen molar-refractivity contribution >= 4 is 11.9 Å². The molecule has 1 saturated heterocycles. The molecule has 1 fully saturated rings. The van der Waals surface area contributed by atoms with Crippen molar-refractivity contribution in [1.82, 2.24) is 4.90 Å². The molecule has 2 heterocycles. The van der Waals surface area contributed by atoms with Gasteiger partial charge in [0.1, 0.15) is 5.76 Å². The lowest BCUT2D eigenvalue weighted by molar-refractivity contribution is -0.173. The van der Waals surface area contributed by atoms with Crippen molar-refractivity contribution < 1.29 is 33.6 Å². The third-order valence-corrected chi connectivity index (χ3v) is 12.0. The van der Waals surface area contributed by atoms with Crippen molar-refractivity contribution in [3.05, 3.63) is 83.1 Å². The summed E-state index contributed by atoms with van der Waals surface area (Å²) in [5.74, 6) is 0.350. The van der Waals surface area contributed by atoms with E-state index in [1.807, 2.05) is 51.2 Å². The van der Waals surface area contributed by atoms with Crippen LogP contribution in [0.25, 0.3) is 0 Å². The predicted molar refractivity (Wildman–Crippen MR) is 209 cm³/mol. The highest BCUT2D eigenvalue weighted by atomic mass is 16.6. The van der Waals surface area contributed by atoms with Crippen molar-refractivity contribution in [1.29, 1.82) is 0 Å². The van der Waals surface area contributed by atoms with Gasteiger partial charge >= 0.3 is 11.9 Å². The number of ether oxygens (including phenoxy) is 4. The monoisotopic (exact) mass is 729 g/mol. The normalized spacial score (nSPS) is 24.1. The maximum atomic E-state index is 14.1. The number of nitrogens with zero attached hydrogens (tertiary/aromatic N) is 1.